The van der Waals surface area contributed by atoms with Gasteiger partial charge in [-0.3, -0.25) is 4.79 Å². The number of hydrogen-bond acceptors (Lipinski definition) is 4. The van der Waals surface area contributed by atoms with E-state index in [2.05, 4.69) is 5.32 Å². The number of hydrogen-bond donors (Lipinski definition) is 1. The minimum atomic E-state index is -3.72. The van der Waals surface area contributed by atoms with Gasteiger partial charge in [-0.05, 0) is 55.8 Å². The van der Waals surface area contributed by atoms with Gasteiger partial charge in [0.15, 0.2) is 0 Å². The van der Waals surface area contributed by atoms with E-state index in [0.717, 1.165) is 6.42 Å². The zero-order valence-corrected chi connectivity index (χ0v) is 18.0. The van der Waals surface area contributed by atoms with Gasteiger partial charge in [0.2, 0.25) is 10.0 Å². The van der Waals surface area contributed by atoms with E-state index >= 15 is 0 Å². The molecule has 8 heteroatoms. The van der Waals surface area contributed by atoms with Crippen LogP contribution in [0.5, 0.6) is 5.75 Å². The van der Waals surface area contributed by atoms with Crippen LogP contribution in [0.3, 0.4) is 0 Å². The summed E-state index contributed by atoms with van der Waals surface area (Å²) in [5.41, 5.74) is 1.05. The Morgan fingerprint density at radius 3 is 2.43 bits per heavy atom. The Kier molecular flexibility index (Phi) is 7.46. The minimum absolute atomic E-state index is 0.0472. The van der Waals surface area contributed by atoms with Crippen LogP contribution in [-0.4, -0.2) is 38.8 Å². The number of amides is 1. The number of carbonyl (C=O) groups is 1. The zero-order chi connectivity index (χ0) is 20.9. The monoisotopic (exact) mass is 424 g/mol. The lowest BCUT2D eigenvalue weighted by Gasteiger charge is -2.20. The molecule has 0 aliphatic carbocycles. The third kappa shape index (κ3) is 5.25. The molecule has 0 aromatic heterocycles. The second kappa shape index (κ2) is 9.41. The van der Waals surface area contributed by atoms with Gasteiger partial charge >= 0.3 is 0 Å². The van der Waals surface area contributed by atoms with Gasteiger partial charge < -0.3 is 10.1 Å². The predicted molar refractivity (Wildman–Crippen MR) is 110 cm³/mol. The molecule has 2 aromatic rings. The number of methoxy groups -OCH3 is 1. The summed E-state index contributed by atoms with van der Waals surface area (Å²) in [7, 11) is -0.730. The van der Waals surface area contributed by atoms with Crippen molar-refractivity contribution in [2.45, 2.75) is 37.8 Å². The fraction of sp³-hybridized carbons (Fsp3) is 0.350. The highest BCUT2D eigenvalue weighted by atomic mass is 35.5. The molecule has 0 heterocycles. The molecule has 28 heavy (non-hydrogen) atoms. The minimum Gasteiger partial charge on any atom is -0.496 e. The topological polar surface area (TPSA) is 75.7 Å². The summed E-state index contributed by atoms with van der Waals surface area (Å²) >= 11 is 5.84. The molecule has 0 aliphatic heterocycles. The number of carbonyl (C=O) groups excluding carboxylic acids is 1. The first-order chi connectivity index (χ1) is 13.2. The summed E-state index contributed by atoms with van der Waals surface area (Å²) in [4.78, 5) is 12.5. The van der Waals surface area contributed by atoms with Crippen LogP contribution < -0.4 is 10.1 Å². The number of nitrogens with one attached hydrogen (secondary N) is 1. The molecule has 0 aliphatic rings. The van der Waals surface area contributed by atoms with Crippen molar-refractivity contribution in [3.8, 4) is 5.75 Å². The molecule has 0 saturated heterocycles. The van der Waals surface area contributed by atoms with Crippen LogP contribution in [0.25, 0.3) is 0 Å². The van der Waals surface area contributed by atoms with Crippen LogP contribution in [0, 0.1) is 0 Å². The van der Waals surface area contributed by atoms with Crippen molar-refractivity contribution in [1.82, 2.24) is 9.62 Å². The summed E-state index contributed by atoms with van der Waals surface area (Å²) in [6.45, 7) is 3.97. The first kappa shape index (κ1) is 22.2. The molecule has 0 spiro atoms. The van der Waals surface area contributed by atoms with Crippen LogP contribution in [0.1, 0.15) is 36.2 Å². The molecular formula is C20H25ClN2O4S. The number of sulfonamides is 1. The third-order valence-electron chi connectivity index (χ3n) is 4.45. The molecule has 152 valence electrons. The lowest BCUT2D eigenvalue weighted by atomic mass is 10.1. The fourth-order valence-electron chi connectivity index (χ4n) is 2.56. The standard InChI is InChI=1S/C20H25ClN2O4S/c1-5-14(2)22-20(24)15-6-11-19(27-4)16(12-15)13-23(3)28(25,26)18-9-7-17(21)8-10-18/h6-12,14H,5,13H2,1-4H3,(H,22,24)/t14-/m0/s1. The smallest absolute Gasteiger partial charge is 0.251 e. The van der Waals surface area contributed by atoms with Gasteiger partial charge in [0.25, 0.3) is 5.91 Å². The molecular weight excluding hydrogens is 400 g/mol. The first-order valence-electron chi connectivity index (χ1n) is 8.88. The van der Waals surface area contributed by atoms with Crippen molar-refractivity contribution < 1.29 is 17.9 Å². The average molecular weight is 425 g/mol. The summed E-state index contributed by atoms with van der Waals surface area (Å²) in [6, 6.07) is 11.0. The Balaban J connectivity index is 2.29. The SMILES string of the molecule is CC[C@H](C)NC(=O)c1ccc(OC)c(CN(C)S(=O)(=O)c2ccc(Cl)cc2)c1. The van der Waals surface area contributed by atoms with Crippen molar-refractivity contribution in [2.75, 3.05) is 14.2 Å². The van der Waals surface area contributed by atoms with E-state index in [4.69, 9.17) is 16.3 Å². The van der Waals surface area contributed by atoms with Crippen LogP contribution in [0.2, 0.25) is 5.02 Å². The van der Waals surface area contributed by atoms with E-state index in [1.165, 1.54) is 42.7 Å². The van der Waals surface area contributed by atoms with E-state index in [0.29, 0.717) is 21.9 Å². The fourth-order valence-corrected chi connectivity index (χ4v) is 3.84. The molecule has 1 atom stereocenters. The molecule has 0 saturated carbocycles. The van der Waals surface area contributed by atoms with E-state index in [1.54, 1.807) is 18.2 Å². The molecule has 2 rings (SSSR count). The molecule has 2 aromatic carbocycles. The second-order valence-corrected chi connectivity index (χ2v) is 9.01. The summed E-state index contributed by atoms with van der Waals surface area (Å²) < 4.78 is 32.2. The Morgan fingerprint density at radius 2 is 1.86 bits per heavy atom. The zero-order valence-electron chi connectivity index (χ0n) is 16.4. The normalized spacial score (nSPS) is 12.6. The molecule has 0 bridgehead atoms. The molecule has 0 unspecified atom stereocenters. The van der Waals surface area contributed by atoms with E-state index in [-0.39, 0.29) is 23.4 Å². The van der Waals surface area contributed by atoms with Crippen molar-refractivity contribution in [2.24, 2.45) is 0 Å². The quantitative estimate of drug-likeness (QED) is 0.701. The molecule has 0 radical (unpaired) electrons. The number of benzene rings is 2. The van der Waals surface area contributed by atoms with Crippen LogP contribution in [0.4, 0.5) is 0 Å². The Morgan fingerprint density at radius 1 is 1.21 bits per heavy atom. The highest BCUT2D eigenvalue weighted by Gasteiger charge is 2.22. The maximum absolute atomic E-state index is 12.8. The maximum atomic E-state index is 12.8. The van der Waals surface area contributed by atoms with Crippen molar-refractivity contribution >= 4 is 27.5 Å². The molecule has 0 fully saturated rings. The molecule has 1 N–H and O–H groups in total. The molecule has 6 nitrogen and oxygen atoms in total. The lowest BCUT2D eigenvalue weighted by molar-refractivity contribution is 0.0939. The number of nitrogens with zero attached hydrogens (tertiary/aromatic N) is 1. The van der Waals surface area contributed by atoms with Gasteiger partial charge in [-0.1, -0.05) is 18.5 Å². The third-order valence-corrected chi connectivity index (χ3v) is 6.52. The highest BCUT2D eigenvalue weighted by molar-refractivity contribution is 7.89. The summed E-state index contributed by atoms with van der Waals surface area (Å²) in [6.07, 6.45) is 0.816. The predicted octanol–water partition coefficient (Wildman–Crippen LogP) is 3.70. The van der Waals surface area contributed by atoms with E-state index in [1.807, 2.05) is 13.8 Å². The highest BCUT2D eigenvalue weighted by Crippen LogP contribution is 2.25. The van der Waals surface area contributed by atoms with Crippen LogP contribution in [0.15, 0.2) is 47.4 Å². The van der Waals surface area contributed by atoms with Gasteiger partial charge in [-0.2, -0.15) is 4.31 Å². The van der Waals surface area contributed by atoms with Gasteiger partial charge in [0, 0.05) is 35.8 Å². The second-order valence-electron chi connectivity index (χ2n) is 6.52. The summed E-state index contributed by atoms with van der Waals surface area (Å²) in [5.74, 6) is 0.305. The molecule has 1 amide bonds. The maximum Gasteiger partial charge on any atom is 0.251 e. The van der Waals surface area contributed by atoms with Crippen molar-refractivity contribution in [3.63, 3.8) is 0 Å². The number of rotatable bonds is 8. The van der Waals surface area contributed by atoms with Crippen molar-refractivity contribution in [1.29, 1.82) is 0 Å². The first-order valence-corrected chi connectivity index (χ1v) is 10.7. The Bertz CT molecular complexity index is 930. The van der Waals surface area contributed by atoms with E-state index in [9.17, 15) is 13.2 Å². The van der Waals surface area contributed by atoms with E-state index < -0.39 is 10.0 Å². The summed E-state index contributed by atoms with van der Waals surface area (Å²) in [5, 5.41) is 3.36. The Labute approximate surface area is 171 Å². The Hall–Kier alpha value is -2.09. The van der Waals surface area contributed by atoms with Gasteiger partial charge in [0.05, 0.1) is 12.0 Å². The van der Waals surface area contributed by atoms with Crippen molar-refractivity contribution in [3.05, 3.63) is 58.6 Å². The average Bonchev–Trinajstić information content (AvgIpc) is 2.67. The number of halogens is 1. The van der Waals surface area contributed by atoms with Gasteiger partial charge in [-0.15, -0.1) is 0 Å². The van der Waals surface area contributed by atoms with Gasteiger partial charge in [0.1, 0.15) is 5.75 Å². The largest absolute Gasteiger partial charge is 0.496 e. The van der Waals surface area contributed by atoms with Crippen LogP contribution in [-0.2, 0) is 16.6 Å². The number of ether oxygens (including phenoxy) is 1. The lowest BCUT2D eigenvalue weighted by Crippen LogP contribution is -2.32. The van der Waals surface area contributed by atoms with Gasteiger partial charge in [-0.25, -0.2) is 8.42 Å². The van der Waals surface area contributed by atoms with Crippen LogP contribution >= 0.6 is 11.6 Å².